The van der Waals surface area contributed by atoms with Gasteiger partial charge in [-0.25, -0.2) is 0 Å². The van der Waals surface area contributed by atoms with E-state index in [1.807, 2.05) is 0 Å². The van der Waals surface area contributed by atoms with Crippen LogP contribution in [-0.2, 0) is 6.61 Å². The standard InChI is InChI=1S/C15H12ClN3O3S/c16-10-3-5-11(6-4-10)21-8-14-18-19-15(22-14)23-9-13(20)12-2-1-7-17-12/h1-7,17H,8-9H2. The van der Waals surface area contributed by atoms with Crippen molar-refractivity contribution < 1.29 is 13.9 Å². The van der Waals surface area contributed by atoms with E-state index in [0.29, 0.717) is 27.6 Å². The van der Waals surface area contributed by atoms with Crippen LogP contribution in [0.25, 0.3) is 0 Å². The maximum atomic E-state index is 11.8. The van der Waals surface area contributed by atoms with Gasteiger partial charge in [0.05, 0.1) is 11.4 Å². The maximum Gasteiger partial charge on any atom is 0.277 e. The molecule has 1 N–H and O–H groups in total. The number of aromatic nitrogens is 3. The Morgan fingerprint density at radius 1 is 1.26 bits per heavy atom. The number of halogens is 1. The van der Waals surface area contributed by atoms with Crippen molar-refractivity contribution in [2.75, 3.05) is 5.75 Å². The number of nitrogens with zero attached hydrogens (tertiary/aromatic N) is 2. The van der Waals surface area contributed by atoms with Crippen LogP contribution in [0.1, 0.15) is 16.4 Å². The third kappa shape index (κ3) is 4.37. The topological polar surface area (TPSA) is 81.0 Å². The van der Waals surface area contributed by atoms with Gasteiger partial charge in [-0.05, 0) is 36.4 Å². The van der Waals surface area contributed by atoms with Crippen molar-refractivity contribution in [2.24, 2.45) is 0 Å². The van der Waals surface area contributed by atoms with Crippen molar-refractivity contribution in [1.82, 2.24) is 15.2 Å². The number of thioether (sulfide) groups is 1. The van der Waals surface area contributed by atoms with Crippen molar-refractivity contribution in [3.05, 3.63) is 59.2 Å². The van der Waals surface area contributed by atoms with E-state index in [0.717, 1.165) is 0 Å². The molecule has 2 heterocycles. The highest BCUT2D eigenvalue weighted by molar-refractivity contribution is 7.99. The molecule has 6 nitrogen and oxygen atoms in total. The first-order chi connectivity index (χ1) is 11.2. The molecule has 0 bridgehead atoms. The van der Waals surface area contributed by atoms with Gasteiger partial charge in [0.15, 0.2) is 12.4 Å². The first-order valence-electron chi connectivity index (χ1n) is 6.71. The van der Waals surface area contributed by atoms with Crippen LogP contribution in [0.2, 0.25) is 5.02 Å². The fourth-order valence-electron chi connectivity index (χ4n) is 1.74. The molecule has 0 atom stereocenters. The molecule has 0 radical (unpaired) electrons. The lowest BCUT2D eigenvalue weighted by Crippen LogP contribution is -2.02. The van der Waals surface area contributed by atoms with Crippen molar-refractivity contribution in [2.45, 2.75) is 11.8 Å². The summed E-state index contributed by atoms with van der Waals surface area (Å²) in [6.07, 6.45) is 1.71. The van der Waals surface area contributed by atoms with Crippen LogP contribution in [0.4, 0.5) is 0 Å². The van der Waals surface area contributed by atoms with Crippen molar-refractivity contribution >= 4 is 29.1 Å². The van der Waals surface area contributed by atoms with Gasteiger partial charge in [-0.3, -0.25) is 4.79 Å². The summed E-state index contributed by atoms with van der Waals surface area (Å²) in [6, 6.07) is 10.5. The first-order valence-corrected chi connectivity index (χ1v) is 8.07. The zero-order valence-electron chi connectivity index (χ0n) is 11.9. The third-order valence-corrected chi connectivity index (χ3v) is 3.92. The third-order valence-electron chi connectivity index (χ3n) is 2.85. The number of carbonyl (C=O) groups is 1. The molecule has 0 amide bonds. The number of benzene rings is 1. The molecular weight excluding hydrogens is 338 g/mol. The van der Waals surface area contributed by atoms with E-state index in [1.165, 1.54) is 11.8 Å². The number of nitrogens with one attached hydrogen (secondary N) is 1. The average Bonchev–Trinajstić information content (AvgIpc) is 3.24. The van der Waals surface area contributed by atoms with E-state index >= 15 is 0 Å². The summed E-state index contributed by atoms with van der Waals surface area (Å²) in [5.41, 5.74) is 0.559. The van der Waals surface area contributed by atoms with Gasteiger partial charge < -0.3 is 14.1 Å². The second-order valence-corrected chi connectivity index (χ2v) is 5.86. The smallest absolute Gasteiger partial charge is 0.277 e. The van der Waals surface area contributed by atoms with Gasteiger partial charge in [0.2, 0.25) is 0 Å². The van der Waals surface area contributed by atoms with E-state index < -0.39 is 0 Å². The van der Waals surface area contributed by atoms with Gasteiger partial charge >= 0.3 is 0 Å². The number of ketones is 1. The highest BCUT2D eigenvalue weighted by atomic mass is 35.5. The van der Waals surface area contributed by atoms with E-state index in [1.54, 1.807) is 42.6 Å². The lowest BCUT2D eigenvalue weighted by atomic mass is 10.3. The Labute approximate surface area is 141 Å². The minimum Gasteiger partial charge on any atom is -0.484 e. The molecule has 3 rings (SSSR count). The fraction of sp³-hybridized carbons (Fsp3) is 0.133. The predicted octanol–water partition coefficient (Wildman–Crippen LogP) is 3.61. The normalized spacial score (nSPS) is 10.7. The Morgan fingerprint density at radius 2 is 2.09 bits per heavy atom. The fourth-order valence-corrected chi connectivity index (χ4v) is 2.53. The summed E-state index contributed by atoms with van der Waals surface area (Å²) >= 11 is 6.99. The highest BCUT2D eigenvalue weighted by Crippen LogP contribution is 2.19. The summed E-state index contributed by atoms with van der Waals surface area (Å²) in [5, 5.41) is 8.73. The molecule has 0 aliphatic rings. The number of hydrogen-bond acceptors (Lipinski definition) is 6. The molecule has 8 heteroatoms. The van der Waals surface area contributed by atoms with Gasteiger partial charge in [0.1, 0.15) is 5.75 Å². The van der Waals surface area contributed by atoms with Crippen LogP contribution >= 0.6 is 23.4 Å². The Hall–Kier alpha value is -2.25. The van der Waals surface area contributed by atoms with Crippen LogP contribution in [0.3, 0.4) is 0 Å². The minimum absolute atomic E-state index is 0.0304. The van der Waals surface area contributed by atoms with E-state index in [-0.39, 0.29) is 18.1 Å². The molecule has 0 aliphatic heterocycles. The van der Waals surface area contributed by atoms with E-state index in [2.05, 4.69) is 15.2 Å². The van der Waals surface area contributed by atoms with Crippen LogP contribution in [0.15, 0.2) is 52.2 Å². The van der Waals surface area contributed by atoms with Gasteiger partial charge in [-0.2, -0.15) is 0 Å². The molecule has 0 fully saturated rings. The van der Waals surface area contributed by atoms with E-state index in [9.17, 15) is 4.79 Å². The summed E-state index contributed by atoms with van der Waals surface area (Å²) < 4.78 is 10.9. The quantitative estimate of drug-likeness (QED) is 0.518. The van der Waals surface area contributed by atoms with E-state index in [4.69, 9.17) is 20.8 Å². The zero-order chi connectivity index (χ0) is 16.1. The molecule has 0 spiro atoms. The lowest BCUT2D eigenvalue weighted by Gasteiger charge is -2.02. The van der Waals surface area contributed by atoms with Gasteiger partial charge in [0, 0.05) is 11.2 Å². The zero-order valence-corrected chi connectivity index (χ0v) is 13.4. The number of hydrogen-bond donors (Lipinski definition) is 1. The monoisotopic (exact) mass is 349 g/mol. The first kappa shape index (κ1) is 15.6. The Kier molecular flexibility index (Phi) is 4.99. The summed E-state index contributed by atoms with van der Waals surface area (Å²) in [5.74, 6) is 1.19. The van der Waals surface area contributed by atoms with Gasteiger partial charge in [-0.15, -0.1) is 10.2 Å². The molecule has 2 aromatic heterocycles. The molecule has 23 heavy (non-hydrogen) atoms. The lowest BCUT2D eigenvalue weighted by molar-refractivity contribution is 0.101. The molecule has 118 valence electrons. The number of H-pyrrole nitrogens is 1. The molecular formula is C15H12ClN3O3S. The molecule has 0 saturated carbocycles. The molecule has 0 unspecified atom stereocenters. The number of ether oxygens (including phenoxy) is 1. The molecule has 1 aromatic carbocycles. The number of carbonyl (C=O) groups excluding carboxylic acids is 1. The predicted molar refractivity (Wildman–Crippen MR) is 85.9 cm³/mol. The van der Waals surface area contributed by atoms with Crippen molar-refractivity contribution in [1.29, 1.82) is 0 Å². The van der Waals surface area contributed by atoms with Crippen LogP contribution in [0.5, 0.6) is 5.75 Å². The second kappa shape index (κ2) is 7.34. The Balaban J connectivity index is 1.50. The summed E-state index contributed by atoms with van der Waals surface area (Å²) in [7, 11) is 0. The van der Waals surface area contributed by atoms with Crippen molar-refractivity contribution in [3.8, 4) is 5.75 Å². The second-order valence-electron chi connectivity index (χ2n) is 4.50. The van der Waals surface area contributed by atoms with Crippen molar-refractivity contribution in [3.63, 3.8) is 0 Å². The van der Waals surface area contributed by atoms with Crippen LogP contribution < -0.4 is 4.74 Å². The average molecular weight is 350 g/mol. The molecule has 0 aliphatic carbocycles. The molecule has 0 saturated heterocycles. The highest BCUT2D eigenvalue weighted by Gasteiger charge is 2.12. The molecule has 3 aromatic rings. The number of rotatable bonds is 7. The van der Waals surface area contributed by atoms with Crippen LogP contribution in [-0.4, -0.2) is 26.7 Å². The summed E-state index contributed by atoms with van der Waals surface area (Å²) in [4.78, 5) is 14.7. The summed E-state index contributed by atoms with van der Waals surface area (Å²) in [6.45, 7) is 0.153. The maximum absolute atomic E-state index is 11.8. The van der Waals surface area contributed by atoms with Crippen LogP contribution in [0, 0.1) is 0 Å². The Bertz CT molecular complexity index is 772. The SMILES string of the molecule is O=C(CSc1nnc(COc2ccc(Cl)cc2)o1)c1ccc[nH]1. The number of Topliss-reactive ketones (excluding diaryl/α,β-unsaturated/α-hetero) is 1. The number of aromatic amines is 1. The van der Waals surface area contributed by atoms with Gasteiger partial charge in [0.25, 0.3) is 11.1 Å². The minimum atomic E-state index is -0.0304. The Morgan fingerprint density at radius 3 is 2.83 bits per heavy atom. The largest absolute Gasteiger partial charge is 0.484 e. The van der Waals surface area contributed by atoms with Gasteiger partial charge in [-0.1, -0.05) is 23.4 Å².